The third kappa shape index (κ3) is 2.67. The molecule has 0 spiro atoms. The van der Waals surface area contributed by atoms with E-state index in [4.69, 9.17) is 4.74 Å². The van der Waals surface area contributed by atoms with Gasteiger partial charge in [-0.3, -0.25) is 0 Å². The predicted octanol–water partition coefficient (Wildman–Crippen LogP) is 2.75. The first-order valence-corrected chi connectivity index (χ1v) is 6.79. The fraction of sp³-hybridized carbons (Fsp3) is 0.400. The summed E-state index contributed by atoms with van der Waals surface area (Å²) in [4.78, 5) is 4.38. The van der Waals surface area contributed by atoms with E-state index in [1.807, 2.05) is 24.6 Å². The van der Waals surface area contributed by atoms with Gasteiger partial charge in [-0.05, 0) is 25.6 Å². The number of imidazole rings is 1. The van der Waals surface area contributed by atoms with Gasteiger partial charge in [0.1, 0.15) is 17.4 Å². The number of ether oxygens (including phenoxy) is 1. The maximum absolute atomic E-state index is 14.3. The molecule has 0 fully saturated rings. The molecular formula is C15H20FN3O. The number of rotatable bonds is 6. The minimum absolute atomic E-state index is 0.291. The molecule has 5 heteroatoms. The Morgan fingerprint density at radius 2 is 2.20 bits per heavy atom. The first-order valence-electron chi connectivity index (χ1n) is 6.79. The van der Waals surface area contributed by atoms with Crippen molar-refractivity contribution in [1.82, 2.24) is 14.9 Å². The number of benzene rings is 1. The van der Waals surface area contributed by atoms with E-state index in [1.54, 1.807) is 25.4 Å². The van der Waals surface area contributed by atoms with E-state index in [0.29, 0.717) is 17.9 Å². The fourth-order valence-corrected chi connectivity index (χ4v) is 2.35. The molecule has 0 saturated carbocycles. The summed E-state index contributed by atoms with van der Waals surface area (Å²) in [7, 11) is 1.55. The summed E-state index contributed by atoms with van der Waals surface area (Å²) in [5.74, 6) is 1.03. The number of aromatic nitrogens is 2. The summed E-state index contributed by atoms with van der Waals surface area (Å²) in [6.07, 6.45) is 3.63. The van der Waals surface area contributed by atoms with Crippen LogP contribution in [0.4, 0.5) is 4.39 Å². The molecule has 1 aromatic heterocycles. The molecule has 2 aromatic rings. The quantitative estimate of drug-likeness (QED) is 0.882. The Balaban J connectivity index is 2.54. The van der Waals surface area contributed by atoms with Crippen LogP contribution in [-0.2, 0) is 6.54 Å². The summed E-state index contributed by atoms with van der Waals surface area (Å²) in [5, 5.41) is 3.29. The van der Waals surface area contributed by atoms with E-state index in [2.05, 4.69) is 10.3 Å². The zero-order valence-electron chi connectivity index (χ0n) is 12.1. The van der Waals surface area contributed by atoms with Gasteiger partial charge in [-0.2, -0.15) is 0 Å². The smallest absolute Gasteiger partial charge is 0.132 e. The fourth-order valence-electron chi connectivity index (χ4n) is 2.35. The second kappa shape index (κ2) is 6.52. The number of hydrogen-bond donors (Lipinski definition) is 1. The van der Waals surface area contributed by atoms with E-state index < -0.39 is 0 Å². The molecule has 0 amide bonds. The van der Waals surface area contributed by atoms with Crippen LogP contribution in [0.1, 0.15) is 31.3 Å². The van der Waals surface area contributed by atoms with Crippen molar-refractivity contribution in [3.05, 3.63) is 47.8 Å². The first kappa shape index (κ1) is 14.5. The zero-order valence-corrected chi connectivity index (χ0v) is 12.1. The summed E-state index contributed by atoms with van der Waals surface area (Å²) in [5.41, 5.74) is 0.498. The maximum Gasteiger partial charge on any atom is 0.132 e. The molecular weight excluding hydrogens is 257 g/mol. The van der Waals surface area contributed by atoms with Crippen molar-refractivity contribution in [2.75, 3.05) is 13.7 Å². The summed E-state index contributed by atoms with van der Waals surface area (Å²) >= 11 is 0. The van der Waals surface area contributed by atoms with Crippen LogP contribution in [0.5, 0.6) is 5.75 Å². The highest BCUT2D eigenvalue weighted by Gasteiger charge is 2.24. The van der Waals surface area contributed by atoms with Crippen LogP contribution in [0.25, 0.3) is 0 Å². The summed E-state index contributed by atoms with van der Waals surface area (Å²) in [6, 6.07) is 4.53. The first-order chi connectivity index (χ1) is 9.72. The average Bonchev–Trinajstić information content (AvgIpc) is 2.93. The summed E-state index contributed by atoms with van der Waals surface area (Å²) < 4.78 is 21.6. The van der Waals surface area contributed by atoms with E-state index in [-0.39, 0.29) is 11.9 Å². The van der Waals surface area contributed by atoms with Crippen molar-refractivity contribution >= 4 is 0 Å². The Morgan fingerprint density at radius 1 is 1.40 bits per heavy atom. The van der Waals surface area contributed by atoms with Gasteiger partial charge in [0, 0.05) is 18.9 Å². The van der Waals surface area contributed by atoms with Gasteiger partial charge in [-0.1, -0.05) is 13.0 Å². The average molecular weight is 277 g/mol. The van der Waals surface area contributed by atoms with E-state index in [1.165, 1.54) is 6.07 Å². The van der Waals surface area contributed by atoms with E-state index in [0.717, 1.165) is 12.4 Å². The standard InChI is InChI=1S/C15H20FN3O/c1-4-17-14(15-18-9-10-19(15)5-2)13-11(16)7-6-8-12(13)20-3/h6-10,14,17H,4-5H2,1-3H3. The highest BCUT2D eigenvalue weighted by atomic mass is 19.1. The van der Waals surface area contributed by atoms with Crippen molar-refractivity contribution in [2.45, 2.75) is 26.4 Å². The third-order valence-corrected chi connectivity index (χ3v) is 3.28. The molecule has 1 N–H and O–H groups in total. The lowest BCUT2D eigenvalue weighted by Gasteiger charge is -2.21. The molecule has 20 heavy (non-hydrogen) atoms. The Hall–Kier alpha value is -1.88. The van der Waals surface area contributed by atoms with Gasteiger partial charge in [0.05, 0.1) is 18.7 Å². The zero-order chi connectivity index (χ0) is 14.5. The molecule has 1 aromatic carbocycles. The minimum Gasteiger partial charge on any atom is -0.496 e. The number of methoxy groups -OCH3 is 1. The normalized spacial score (nSPS) is 12.4. The molecule has 4 nitrogen and oxygen atoms in total. The summed E-state index contributed by atoms with van der Waals surface area (Å²) in [6.45, 7) is 5.51. The predicted molar refractivity (Wildman–Crippen MR) is 76.4 cm³/mol. The van der Waals surface area contributed by atoms with Crippen LogP contribution in [-0.4, -0.2) is 23.2 Å². The lowest BCUT2D eigenvalue weighted by atomic mass is 10.0. The van der Waals surface area contributed by atoms with Crippen LogP contribution >= 0.6 is 0 Å². The van der Waals surface area contributed by atoms with Crippen LogP contribution in [0.3, 0.4) is 0 Å². The van der Waals surface area contributed by atoms with Gasteiger partial charge in [0.25, 0.3) is 0 Å². The molecule has 1 heterocycles. The molecule has 0 radical (unpaired) electrons. The number of hydrogen-bond acceptors (Lipinski definition) is 3. The molecule has 0 bridgehead atoms. The van der Waals surface area contributed by atoms with Gasteiger partial charge in [-0.25, -0.2) is 9.37 Å². The maximum atomic E-state index is 14.3. The molecule has 108 valence electrons. The lowest BCUT2D eigenvalue weighted by Crippen LogP contribution is -2.26. The van der Waals surface area contributed by atoms with Crippen LogP contribution in [0, 0.1) is 5.82 Å². The van der Waals surface area contributed by atoms with Gasteiger partial charge in [0.2, 0.25) is 0 Å². The number of nitrogens with one attached hydrogen (secondary N) is 1. The Labute approximate surface area is 118 Å². The molecule has 2 rings (SSSR count). The van der Waals surface area contributed by atoms with Crippen molar-refractivity contribution < 1.29 is 9.13 Å². The van der Waals surface area contributed by atoms with Crippen LogP contribution in [0.15, 0.2) is 30.6 Å². The molecule has 0 aliphatic carbocycles. The van der Waals surface area contributed by atoms with Gasteiger partial charge in [-0.15, -0.1) is 0 Å². The number of halogens is 1. The molecule has 0 aliphatic heterocycles. The Bertz CT molecular complexity index is 568. The third-order valence-electron chi connectivity index (χ3n) is 3.28. The van der Waals surface area contributed by atoms with Gasteiger partial charge in [0.15, 0.2) is 0 Å². The van der Waals surface area contributed by atoms with Crippen molar-refractivity contribution in [3.63, 3.8) is 0 Å². The van der Waals surface area contributed by atoms with Crippen molar-refractivity contribution in [3.8, 4) is 5.75 Å². The molecule has 0 saturated heterocycles. The van der Waals surface area contributed by atoms with Crippen molar-refractivity contribution in [1.29, 1.82) is 0 Å². The monoisotopic (exact) mass is 277 g/mol. The van der Waals surface area contributed by atoms with E-state index in [9.17, 15) is 4.39 Å². The lowest BCUT2D eigenvalue weighted by molar-refractivity contribution is 0.394. The second-order valence-electron chi connectivity index (χ2n) is 4.42. The topological polar surface area (TPSA) is 39.1 Å². The molecule has 1 unspecified atom stereocenters. The highest BCUT2D eigenvalue weighted by Crippen LogP contribution is 2.31. The van der Waals surface area contributed by atoms with Gasteiger partial charge >= 0.3 is 0 Å². The Kier molecular flexibility index (Phi) is 4.74. The minimum atomic E-state index is -0.328. The Morgan fingerprint density at radius 3 is 2.85 bits per heavy atom. The largest absolute Gasteiger partial charge is 0.496 e. The number of aryl methyl sites for hydroxylation is 1. The van der Waals surface area contributed by atoms with E-state index >= 15 is 0 Å². The van der Waals surface area contributed by atoms with Gasteiger partial charge < -0.3 is 14.6 Å². The number of nitrogens with zero attached hydrogens (tertiary/aromatic N) is 2. The molecule has 0 aliphatic rings. The second-order valence-corrected chi connectivity index (χ2v) is 4.42. The molecule has 1 atom stereocenters. The SMILES string of the molecule is CCNC(c1c(F)cccc1OC)c1nccn1CC. The highest BCUT2D eigenvalue weighted by molar-refractivity contribution is 5.40. The van der Waals surface area contributed by atoms with Crippen LogP contribution in [0.2, 0.25) is 0 Å². The van der Waals surface area contributed by atoms with Crippen molar-refractivity contribution in [2.24, 2.45) is 0 Å². The van der Waals surface area contributed by atoms with Crippen LogP contribution < -0.4 is 10.1 Å².